The number of rotatable bonds is 4. The number of para-hydroxylation sites is 1. The summed E-state index contributed by atoms with van der Waals surface area (Å²) in [6.45, 7) is 5.76. The molecular formula is C12H17N3O3. The summed E-state index contributed by atoms with van der Waals surface area (Å²) < 4.78 is 0. The minimum absolute atomic E-state index is 0.00694. The normalized spacial score (nSPS) is 12.2. The molecule has 0 aliphatic heterocycles. The molecule has 1 rings (SSSR count). The van der Waals surface area contributed by atoms with E-state index in [1.165, 1.54) is 18.2 Å². The first-order chi connectivity index (χ1) is 8.34. The summed E-state index contributed by atoms with van der Waals surface area (Å²) in [5.41, 5.74) is 5.17. The Balaban J connectivity index is 3.06. The number of nitrogen functional groups attached to an aromatic ring is 1. The van der Waals surface area contributed by atoms with Crippen molar-refractivity contribution in [3.63, 3.8) is 0 Å². The molecule has 1 aromatic carbocycles. The van der Waals surface area contributed by atoms with Crippen molar-refractivity contribution in [3.05, 3.63) is 33.9 Å². The molecule has 0 bridgehead atoms. The Morgan fingerprint density at radius 3 is 2.50 bits per heavy atom. The molecule has 1 amide bonds. The van der Waals surface area contributed by atoms with Crippen LogP contribution in [-0.2, 0) is 0 Å². The molecule has 0 radical (unpaired) electrons. The van der Waals surface area contributed by atoms with Gasteiger partial charge in [0.1, 0.15) is 11.3 Å². The second-order valence-corrected chi connectivity index (χ2v) is 4.51. The maximum Gasteiger partial charge on any atom is 0.304 e. The third-order valence-electron chi connectivity index (χ3n) is 2.85. The number of nitro groups is 1. The fourth-order valence-corrected chi connectivity index (χ4v) is 1.40. The van der Waals surface area contributed by atoms with E-state index in [9.17, 15) is 14.9 Å². The number of hydrogen-bond acceptors (Lipinski definition) is 4. The molecule has 3 N–H and O–H groups in total. The number of hydrogen-bond donors (Lipinski definition) is 2. The van der Waals surface area contributed by atoms with Gasteiger partial charge in [0.05, 0.1) is 4.92 Å². The summed E-state index contributed by atoms with van der Waals surface area (Å²) in [5, 5.41) is 13.6. The third kappa shape index (κ3) is 2.97. The fourth-order valence-electron chi connectivity index (χ4n) is 1.40. The summed E-state index contributed by atoms with van der Waals surface area (Å²) >= 11 is 0. The Morgan fingerprint density at radius 1 is 1.39 bits per heavy atom. The number of carbonyl (C=O) groups is 1. The highest BCUT2D eigenvalue weighted by Gasteiger charge is 2.24. The predicted octanol–water partition coefficient (Wildman–Crippen LogP) is 1.95. The van der Waals surface area contributed by atoms with Crippen molar-refractivity contribution in [1.29, 1.82) is 0 Å². The van der Waals surface area contributed by atoms with Gasteiger partial charge in [-0.15, -0.1) is 0 Å². The lowest BCUT2D eigenvalue weighted by Crippen LogP contribution is -2.36. The van der Waals surface area contributed by atoms with Gasteiger partial charge in [-0.25, -0.2) is 0 Å². The third-order valence-corrected chi connectivity index (χ3v) is 2.85. The standard InChI is InChI=1S/C12H17N3O3/c1-7(2)8(3)14-12(16)9-5-4-6-10(13)11(9)15(17)18/h4-8H,13H2,1-3H3,(H,14,16). The Bertz CT molecular complexity index is 472. The van der Waals surface area contributed by atoms with E-state index in [4.69, 9.17) is 5.73 Å². The summed E-state index contributed by atoms with van der Waals surface area (Å²) in [6.07, 6.45) is 0. The number of amides is 1. The van der Waals surface area contributed by atoms with Crippen LogP contribution >= 0.6 is 0 Å². The second kappa shape index (κ2) is 5.48. The van der Waals surface area contributed by atoms with Crippen LogP contribution in [0.1, 0.15) is 31.1 Å². The average Bonchev–Trinajstić information content (AvgIpc) is 2.27. The molecule has 0 heterocycles. The van der Waals surface area contributed by atoms with Gasteiger partial charge in [0.2, 0.25) is 0 Å². The zero-order valence-electron chi connectivity index (χ0n) is 10.6. The molecule has 18 heavy (non-hydrogen) atoms. The molecule has 0 fully saturated rings. The zero-order chi connectivity index (χ0) is 13.9. The number of benzene rings is 1. The first-order valence-electron chi connectivity index (χ1n) is 5.68. The van der Waals surface area contributed by atoms with E-state index in [-0.39, 0.29) is 28.9 Å². The van der Waals surface area contributed by atoms with Gasteiger partial charge in [0, 0.05) is 6.04 Å². The van der Waals surface area contributed by atoms with Crippen LogP contribution in [0, 0.1) is 16.0 Å². The molecule has 0 aromatic heterocycles. The first-order valence-corrected chi connectivity index (χ1v) is 5.68. The van der Waals surface area contributed by atoms with Crippen molar-refractivity contribution in [1.82, 2.24) is 5.32 Å². The molecule has 1 atom stereocenters. The van der Waals surface area contributed by atoms with Crippen LogP contribution < -0.4 is 11.1 Å². The van der Waals surface area contributed by atoms with Crippen LogP contribution in [0.15, 0.2) is 18.2 Å². The van der Waals surface area contributed by atoms with E-state index in [2.05, 4.69) is 5.32 Å². The van der Waals surface area contributed by atoms with Crippen LogP contribution in [0.3, 0.4) is 0 Å². The highest BCUT2D eigenvalue weighted by molar-refractivity contribution is 6.00. The van der Waals surface area contributed by atoms with Crippen molar-refractivity contribution < 1.29 is 9.72 Å². The topological polar surface area (TPSA) is 98.3 Å². The van der Waals surface area contributed by atoms with Gasteiger partial charge in [-0.1, -0.05) is 19.9 Å². The van der Waals surface area contributed by atoms with Crippen molar-refractivity contribution in [3.8, 4) is 0 Å². The molecule has 6 heteroatoms. The van der Waals surface area contributed by atoms with Crippen molar-refractivity contribution in [2.75, 3.05) is 5.73 Å². The Kier molecular flexibility index (Phi) is 4.25. The monoisotopic (exact) mass is 251 g/mol. The smallest absolute Gasteiger partial charge is 0.304 e. The van der Waals surface area contributed by atoms with E-state index in [1.807, 2.05) is 20.8 Å². The quantitative estimate of drug-likeness (QED) is 0.485. The van der Waals surface area contributed by atoms with Crippen molar-refractivity contribution in [2.45, 2.75) is 26.8 Å². The largest absolute Gasteiger partial charge is 0.393 e. The van der Waals surface area contributed by atoms with Gasteiger partial charge in [-0.05, 0) is 25.0 Å². The van der Waals surface area contributed by atoms with Gasteiger partial charge >= 0.3 is 5.69 Å². The molecule has 0 saturated heterocycles. The molecule has 0 aliphatic carbocycles. The predicted molar refractivity (Wildman–Crippen MR) is 69.3 cm³/mol. The number of carbonyl (C=O) groups excluding carboxylic acids is 1. The molecule has 1 aromatic rings. The van der Waals surface area contributed by atoms with E-state index in [1.54, 1.807) is 0 Å². The van der Waals surface area contributed by atoms with Gasteiger partial charge in [0.15, 0.2) is 0 Å². The summed E-state index contributed by atoms with van der Waals surface area (Å²) in [4.78, 5) is 22.2. The highest BCUT2D eigenvalue weighted by Crippen LogP contribution is 2.25. The molecule has 0 spiro atoms. The van der Waals surface area contributed by atoms with Crippen LogP contribution in [0.5, 0.6) is 0 Å². The number of anilines is 1. The Morgan fingerprint density at radius 2 is 2.00 bits per heavy atom. The molecule has 1 unspecified atom stereocenters. The maximum absolute atomic E-state index is 12.0. The van der Waals surface area contributed by atoms with Crippen LogP contribution in [0.4, 0.5) is 11.4 Å². The number of nitro benzene ring substituents is 1. The van der Waals surface area contributed by atoms with Gasteiger partial charge in [-0.2, -0.15) is 0 Å². The van der Waals surface area contributed by atoms with Crippen molar-refractivity contribution >= 4 is 17.3 Å². The number of nitrogens with zero attached hydrogens (tertiary/aromatic N) is 1. The van der Waals surface area contributed by atoms with Crippen LogP contribution in [0.25, 0.3) is 0 Å². The minimum Gasteiger partial charge on any atom is -0.393 e. The average molecular weight is 251 g/mol. The van der Waals surface area contributed by atoms with E-state index >= 15 is 0 Å². The molecule has 0 saturated carbocycles. The van der Waals surface area contributed by atoms with Gasteiger partial charge in [-0.3, -0.25) is 14.9 Å². The van der Waals surface area contributed by atoms with E-state index in [0.29, 0.717) is 0 Å². The van der Waals surface area contributed by atoms with Crippen LogP contribution in [0.2, 0.25) is 0 Å². The first kappa shape index (κ1) is 14.0. The molecule has 0 aliphatic rings. The van der Waals surface area contributed by atoms with Crippen molar-refractivity contribution in [2.24, 2.45) is 5.92 Å². The van der Waals surface area contributed by atoms with Gasteiger partial charge in [0.25, 0.3) is 5.91 Å². The van der Waals surface area contributed by atoms with E-state index in [0.717, 1.165) is 0 Å². The van der Waals surface area contributed by atoms with E-state index < -0.39 is 10.8 Å². The highest BCUT2D eigenvalue weighted by atomic mass is 16.6. The maximum atomic E-state index is 12.0. The second-order valence-electron chi connectivity index (χ2n) is 4.51. The lowest BCUT2D eigenvalue weighted by atomic mass is 10.1. The zero-order valence-corrected chi connectivity index (χ0v) is 10.6. The number of nitrogens with one attached hydrogen (secondary N) is 1. The fraction of sp³-hybridized carbons (Fsp3) is 0.417. The van der Waals surface area contributed by atoms with Gasteiger partial charge < -0.3 is 11.1 Å². The SMILES string of the molecule is CC(C)C(C)NC(=O)c1cccc(N)c1[N+](=O)[O-]. The van der Waals surface area contributed by atoms with Crippen LogP contribution in [-0.4, -0.2) is 16.9 Å². The summed E-state index contributed by atoms with van der Waals surface area (Å²) in [6, 6.07) is 4.26. The molecule has 98 valence electrons. The number of nitrogens with two attached hydrogens (primary N) is 1. The minimum atomic E-state index is -0.635. The lowest BCUT2D eigenvalue weighted by Gasteiger charge is -2.17. The molecular weight excluding hydrogens is 234 g/mol. The summed E-state index contributed by atoms with van der Waals surface area (Å²) in [5.74, 6) is -0.232. The Hall–Kier alpha value is -2.11. The lowest BCUT2D eigenvalue weighted by molar-refractivity contribution is -0.384. The summed E-state index contributed by atoms with van der Waals surface area (Å²) in [7, 11) is 0. The Labute approximate surface area is 105 Å². The molecule has 6 nitrogen and oxygen atoms in total.